The third-order valence-corrected chi connectivity index (χ3v) is 7.21. The average Bonchev–Trinajstić information content (AvgIpc) is 3.34. The van der Waals surface area contributed by atoms with E-state index in [1.807, 2.05) is 0 Å². The number of pyridine rings is 2. The molecule has 1 amide bonds. The van der Waals surface area contributed by atoms with Crippen molar-refractivity contribution in [3.05, 3.63) is 59.5 Å². The summed E-state index contributed by atoms with van der Waals surface area (Å²) in [4.78, 5) is 21.6. The zero-order chi connectivity index (χ0) is 30.9. The molecule has 1 aliphatic carbocycles. The fourth-order valence-corrected chi connectivity index (χ4v) is 4.86. The van der Waals surface area contributed by atoms with E-state index < -0.39 is 36.2 Å². The second kappa shape index (κ2) is 11.5. The first-order chi connectivity index (χ1) is 20.5. The minimum absolute atomic E-state index is 0.0305. The maximum atomic E-state index is 13.6. The Balaban J connectivity index is 1.69. The van der Waals surface area contributed by atoms with Crippen molar-refractivity contribution >= 4 is 22.8 Å². The summed E-state index contributed by atoms with van der Waals surface area (Å²) in [5.41, 5.74) is -0.238. The number of aromatic nitrogens is 2. The van der Waals surface area contributed by atoms with Crippen molar-refractivity contribution in [1.29, 1.82) is 5.26 Å². The van der Waals surface area contributed by atoms with E-state index in [0.717, 1.165) is 6.42 Å². The van der Waals surface area contributed by atoms with Crippen molar-refractivity contribution in [2.24, 2.45) is 0 Å². The molecule has 4 aromatic rings. The van der Waals surface area contributed by atoms with Gasteiger partial charge in [0.05, 0.1) is 29.7 Å². The molecule has 5 rings (SSSR count). The van der Waals surface area contributed by atoms with Crippen molar-refractivity contribution in [2.75, 3.05) is 26.0 Å². The van der Waals surface area contributed by atoms with E-state index in [2.05, 4.69) is 32.0 Å². The molecule has 0 radical (unpaired) electrons. The van der Waals surface area contributed by atoms with Gasteiger partial charge in [0, 0.05) is 29.9 Å². The molecule has 0 saturated heterocycles. The molecule has 1 aliphatic rings. The van der Waals surface area contributed by atoms with Gasteiger partial charge in [0.25, 0.3) is 5.91 Å². The van der Waals surface area contributed by atoms with Gasteiger partial charge in [-0.05, 0) is 55.7 Å². The van der Waals surface area contributed by atoms with E-state index >= 15 is 0 Å². The van der Waals surface area contributed by atoms with Gasteiger partial charge < -0.3 is 24.9 Å². The van der Waals surface area contributed by atoms with Gasteiger partial charge in [-0.1, -0.05) is 0 Å². The number of hydrogen-bond acceptors (Lipinski definition) is 9. The number of methoxy groups -OCH3 is 1. The molecule has 1 saturated carbocycles. The molecule has 0 spiro atoms. The topological polar surface area (TPSA) is 145 Å². The maximum Gasteiger partial charge on any atom is 0.405 e. The zero-order valence-corrected chi connectivity index (χ0v) is 23.0. The third kappa shape index (κ3) is 5.95. The number of carbonyl (C=O) groups is 1. The molecule has 3 heterocycles. The number of nitriles is 1. The van der Waals surface area contributed by atoms with Crippen LogP contribution in [0.4, 0.5) is 23.4 Å². The van der Waals surface area contributed by atoms with Crippen LogP contribution in [0.3, 0.4) is 0 Å². The van der Waals surface area contributed by atoms with Gasteiger partial charge in [-0.25, -0.2) is 9.37 Å². The second-order valence-electron chi connectivity index (χ2n) is 10.0. The van der Waals surface area contributed by atoms with E-state index in [1.54, 1.807) is 0 Å². The van der Waals surface area contributed by atoms with Crippen LogP contribution in [0.1, 0.15) is 41.4 Å². The molecule has 1 aromatic carbocycles. The van der Waals surface area contributed by atoms with E-state index in [1.165, 1.54) is 56.8 Å². The Bertz CT molecular complexity index is 1710. The summed E-state index contributed by atoms with van der Waals surface area (Å²) in [5.74, 6) is -1.25. The van der Waals surface area contributed by atoms with Gasteiger partial charge in [0.15, 0.2) is 0 Å². The largest absolute Gasteiger partial charge is 0.481 e. The molecule has 43 heavy (non-hydrogen) atoms. The zero-order valence-electron chi connectivity index (χ0n) is 23.0. The lowest BCUT2D eigenvalue weighted by atomic mass is 9.78. The van der Waals surface area contributed by atoms with Crippen LogP contribution < -0.4 is 20.7 Å². The Hall–Kier alpha value is -4.74. The number of alkyl halides is 3. The summed E-state index contributed by atoms with van der Waals surface area (Å²) in [6.45, 7) is -1.43. The first-order valence-corrected chi connectivity index (χ1v) is 13.1. The molecule has 0 aliphatic heterocycles. The number of anilines is 1. The van der Waals surface area contributed by atoms with Crippen LogP contribution in [0.25, 0.3) is 33.6 Å². The van der Waals surface area contributed by atoms with Gasteiger partial charge in [0.1, 0.15) is 35.7 Å². The summed E-state index contributed by atoms with van der Waals surface area (Å²) in [6, 6.07) is 10.2. The Morgan fingerprint density at radius 2 is 1.95 bits per heavy atom. The summed E-state index contributed by atoms with van der Waals surface area (Å²) >= 11 is 0. The minimum Gasteiger partial charge on any atom is -0.481 e. The van der Waals surface area contributed by atoms with Crippen molar-refractivity contribution in [3.8, 4) is 34.4 Å². The van der Waals surface area contributed by atoms with Crippen molar-refractivity contribution in [2.45, 2.75) is 37.2 Å². The lowest BCUT2D eigenvalue weighted by Crippen LogP contribution is -2.51. The van der Waals surface area contributed by atoms with E-state index in [-0.39, 0.29) is 50.8 Å². The Labute approximate surface area is 242 Å². The summed E-state index contributed by atoms with van der Waals surface area (Å²) < 4.78 is 64.6. The van der Waals surface area contributed by atoms with Crippen LogP contribution in [0.15, 0.2) is 47.0 Å². The fourth-order valence-electron chi connectivity index (χ4n) is 4.86. The van der Waals surface area contributed by atoms with Crippen LogP contribution in [0.2, 0.25) is 0 Å². The van der Waals surface area contributed by atoms with E-state index in [4.69, 9.17) is 9.15 Å². The Morgan fingerprint density at radius 1 is 1.23 bits per heavy atom. The Kier molecular flexibility index (Phi) is 7.96. The lowest BCUT2D eigenvalue weighted by Gasteiger charge is -2.38. The molecule has 224 valence electrons. The van der Waals surface area contributed by atoms with Crippen molar-refractivity contribution < 1.29 is 36.6 Å². The number of hydrogen-bond donors (Lipinski definition) is 4. The first kappa shape index (κ1) is 29.7. The number of carbonyl (C=O) groups excluding carboxylic acids is 1. The number of benzene rings is 1. The molecule has 1 atom stereocenters. The van der Waals surface area contributed by atoms with E-state index in [9.17, 15) is 32.7 Å². The average molecular weight is 599 g/mol. The van der Waals surface area contributed by atoms with Crippen LogP contribution in [0.5, 0.6) is 5.88 Å². The molecule has 1 unspecified atom stereocenters. The number of amides is 1. The number of aliphatic hydroxyl groups is 1. The monoisotopic (exact) mass is 598 g/mol. The van der Waals surface area contributed by atoms with Gasteiger partial charge in [-0.15, -0.1) is 0 Å². The number of fused-ring (bicyclic) bond motifs is 1. The fraction of sp³-hybridized carbons (Fsp3) is 0.310. The molecule has 14 heteroatoms. The number of nitrogens with one attached hydrogen (secondary N) is 3. The second-order valence-corrected chi connectivity index (χ2v) is 10.0. The predicted molar refractivity (Wildman–Crippen MR) is 147 cm³/mol. The summed E-state index contributed by atoms with van der Waals surface area (Å²) in [5, 5.41) is 28.5. The molecule has 1 fully saturated rings. The predicted octanol–water partition coefficient (Wildman–Crippen LogP) is 5.07. The highest BCUT2D eigenvalue weighted by Crippen LogP contribution is 2.40. The van der Waals surface area contributed by atoms with E-state index in [0.29, 0.717) is 18.4 Å². The van der Waals surface area contributed by atoms with Crippen LogP contribution in [-0.4, -0.2) is 53.4 Å². The van der Waals surface area contributed by atoms with Crippen LogP contribution in [0, 0.1) is 17.1 Å². The van der Waals surface area contributed by atoms with Crippen molar-refractivity contribution in [3.63, 3.8) is 0 Å². The molecule has 10 nitrogen and oxygen atoms in total. The van der Waals surface area contributed by atoms with Gasteiger partial charge in [0.2, 0.25) is 11.6 Å². The third-order valence-electron chi connectivity index (χ3n) is 7.21. The quantitative estimate of drug-likeness (QED) is 0.153. The number of furan rings is 1. The summed E-state index contributed by atoms with van der Waals surface area (Å²) in [6.07, 6.45) is -2.81. The molecular weight excluding hydrogens is 572 g/mol. The maximum absolute atomic E-state index is 13.6. The number of aliphatic hydroxyl groups excluding tert-OH is 1. The van der Waals surface area contributed by atoms with Crippen LogP contribution >= 0.6 is 0 Å². The number of nitrogens with zero attached hydrogens (tertiary/aromatic N) is 3. The van der Waals surface area contributed by atoms with Gasteiger partial charge >= 0.3 is 6.18 Å². The minimum atomic E-state index is -4.60. The highest BCUT2D eigenvalue weighted by atomic mass is 19.4. The number of halogens is 4. The van der Waals surface area contributed by atoms with Gasteiger partial charge in [-0.3, -0.25) is 10.1 Å². The normalized spacial score (nSPS) is 14.9. The van der Waals surface area contributed by atoms with Crippen LogP contribution in [-0.2, 0) is 0 Å². The number of rotatable bonds is 9. The molecular formula is C29H26F4N6O4. The number of ether oxygens (including phenoxy) is 1. The lowest BCUT2D eigenvalue weighted by molar-refractivity contribution is -0.115. The molecule has 4 N–H and O–H groups in total. The first-order valence-electron chi connectivity index (χ1n) is 13.1. The van der Waals surface area contributed by atoms with Gasteiger partial charge in [-0.2, -0.15) is 23.4 Å². The highest BCUT2D eigenvalue weighted by molar-refractivity contribution is 6.11. The van der Waals surface area contributed by atoms with Crippen molar-refractivity contribution in [1.82, 2.24) is 20.6 Å². The molecule has 3 aromatic heterocycles. The Morgan fingerprint density at radius 3 is 2.53 bits per heavy atom. The smallest absolute Gasteiger partial charge is 0.405 e. The standard InChI is InChI=1S/C29H26F4N6O4/c1-35-25(41)21-19-11-18(16-10-20(26(42-2)36-12-16)24(40)39-28(13-34)8-3-9-28)23(37-14-29(31,32)33)38-27(19)43-22(21)15-4-6-17(30)7-5-15/h4-7,10-12,24,39-40H,3,8-9,14H2,1-2H3,(H,35,41)(H,37,38). The highest BCUT2D eigenvalue weighted by Gasteiger charge is 2.39. The summed E-state index contributed by atoms with van der Waals surface area (Å²) in [7, 11) is 2.73. The SMILES string of the molecule is CNC(=O)c1c(-c2ccc(F)cc2)oc2nc(NCC(F)(F)F)c(-c3cnc(OC)c(C(O)NC4(C#N)CCC4)c3)cc12. The molecule has 0 bridgehead atoms.